The summed E-state index contributed by atoms with van der Waals surface area (Å²) in [5.41, 5.74) is 1.18. The van der Waals surface area contributed by atoms with Crippen LogP contribution < -0.4 is 4.72 Å². The molecular formula is C16H18FNO3S. The maximum Gasteiger partial charge on any atom is 0.215 e. The molecule has 0 atom stereocenters. The van der Waals surface area contributed by atoms with E-state index in [1.54, 1.807) is 30.3 Å². The molecule has 0 radical (unpaired) electrons. The summed E-state index contributed by atoms with van der Waals surface area (Å²) in [5, 5.41) is 9.18. The van der Waals surface area contributed by atoms with E-state index < -0.39 is 15.8 Å². The molecule has 2 N–H and O–H groups in total. The van der Waals surface area contributed by atoms with Crippen molar-refractivity contribution in [3.8, 4) is 5.75 Å². The molecule has 6 heteroatoms. The molecule has 0 heterocycles. The molecule has 0 saturated carbocycles. The number of rotatable bonds is 7. The fourth-order valence-electron chi connectivity index (χ4n) is 2.05. The van der Waals surface area contributed by atoms with Crippen molar-refractivity contribution in [3.63, 3.8) is 0 Å². The van der Waals surface area contributed by atoms with E-state index in [0.29, 0.717) is 12.8 Å². The normalized spacial score (nSPS) is 11.5. The number of halogens is 1. The molecule has 2 rings (SSSR count). The fourth-order valence-corrected chi connectivity index (χ4v) is 3.25. The first-order valence-electron chi connectivity index (χ1n) is 6.95. The van der Waals surface area contributed by atoms with Crippen molar-refractivity contribution >= 4 is 10.0 Å². The second-order valence-corrected chi connectivity index (χ2v) is 6.82. The van der Waals surface area contributed by atoms with Crippen LogP contribution in [0, 0.1) is 5.82 Å². The first-order valence-corrected chi connectivity index (χ1v) is 8.60. The van der Waals surface area contributed by atoms with Gasteiger partial charge in [0, 0.05) is 12.1 Å². The van der Waals surface area contributed by atoms with Crippen LogP contribution >= 0.6 is 0 Å². The minimum absolute atomic E-state index is 0.161. The van der Waals surface area contributed by atoms with E-state index in [2.05, 4.69) is 4.72 Å². The van der Waals surface area contributed by atoms with Crippen molar-refractivity contribution in [1.29, 1.82) is 0 Å². The Morgan fingerprint density at radius 2 is 1.73 bits per heavy atom. The molecule has 0 bridgehead atoms. The minimum atomic E-state index is -3.55. The second kappa shape index (κ2) is 7.38. The van der Waals surface area contributed by atoms with E-state index in [1.165, 1.54) is 18.2 Å². The zero-order valence-corrected chi connectivity index (χ0v) is 12.8. The summed E-state index contributed by atoms with van der Waals surface area (Å²) in [5.74, 6) is -0.676. The number of hydrogen-bond donors (Lipinski definition) is 2. The van der Waals surface area contributed by atoms with Crippen molar-refractivity contribution in [2.75, 3.05) is 6.54 Å². The van der Waals surface area contributed by atoms with E-state index in [1.807, 2.05) is 0 Å². The third-order valence-electron chi connectivity index (χ3n) is 3.20. The molecule has 118 valence electrons. The molecule has 0 spiro atoms. The van der Waals surface area contributed by atoms with E-state index in [4.69, 9.17) is 0 Å². The SMILES string of the molecule is O=S(=O)(Cc1ccccc1F)NCCCc1ccc(O)cc1. The Labute approximate surface area is 129 Å². The predicted molar refractivity (Wildman–Crippen MR) is 83.5 cm³/mol. The van der Waals surface area contributed by atoms with Gasteiger partial charge in [-0.2, -0.15) is 0 Å². The number of hydrogen-bond acceptors (Lipinski definition) is 3. The Hall–Kier alpha value is -1.92. The average Bonchev–Trinajstić information content (AvgIpc) is 2.48. The van der Waals surface area contributed by atoms with Gasteiger partial charge < -0.3 is 5.11 Å². The Morgan fingerprint density at radius 3 is 2.41 bits per heavy atom. The minimum Gasteiger partial charge on any atom is -0.508 e. The maximum absolute atomic E-state index is 13.4. The Balaban J connectivity index is 1.80. The molecule has 0 saturated heterocycles. The lowest BCUT2D eigenvalue weighted by Gasteiger charge is -2.07. The quantitative estimate of drug-likeness (QED) is 0.770. The van der Waals surface area contributed by atoms with Gasteiger partial charge in [0.1, 0.15) is 11.6 Å². The molecule has 0 unspecified atom stereocenters. The zero-order chi connectivity index (χ0) is 16.0. The van der Waals surface area contributed by atoms with Gasteiger partial charge in [-0.15, -0.1) is 0 Å². The molecule has 0 aromatic heterocycles. The van der Waals surface area contributed by atoms with Gasteiger partial charge in [0.15, 0.2) is 0 Å². The summed E-state index contributed by atoms with van der Waals surface area (Å²) in [4.78, 5) is 0. The summed E-state index contributed by atoms with van der Waals surface area (Å²) >= 11 is 0. The summed E-state index contributed by atoms with van der Waals surface area (Å²) < 4.78 is 39.7. The van der Waals surface area contributed by atoms with E-state index in [0.717, 1.165) is 5.56 Å². The Bertz CT molecular complexity index is 714. The number of aryl methyl sites for hydroxylation is 1. The van der Waals surface area contributed by atoms with Crippen molar-refractivity contribution in [2.45, 2.75) is 18.6 Å². The van der Waals surface area contributed by atoms with Crippen molar-refractivity contribution in [1.82, 2.24) is 4.72 Å². The molecule has 0 aliphatic heterocycles. The van der Waals surface area contributed by atoms with Crippen LogP contribution in [0.2, 0.25) is 0 Å². The van der Waals surface area contributed by atoms with Gasteiger partial charge in [-0.3, -0.25) is 0 Å². The molecule has 0 aliphatic carbocycles. The summed E-state index contributed by atoms with van der Waals surface area (Å²) in [6.45, 7) is 0.289. The van der Waals surface area contributed by atoms with E-state index in [9.17, 15) is 17.9 Å². The Morgan fingerprint density at radius 1 is 1.05 bits per heavy atom. The highest BCUT2D eigenvalue weighted by Gasteiger charge is 2.13. The van der Waals surface area contributed by atoms with Gasteiger partial charge in [-0.1, -0.05) is 30.3 Å². The smallest absolute Gasteiger partial charge is 0.215 e. The van der Waals surface area contributed by atoms with Crippen LogP contribution in [-0.4, -0.2) is 20.1 Å². The van der Waals surface area contributed by atoms with Crippen LogP contribution in [0.15, 0.2) is 48.5 Å². The third kappa shape index (κ3) is 5.13. The third-order valence-corrected chi connectivity index (χ3v) is 4.54. The highest BCUT2D eigenvalue weighted by Crippen LogP contribution is 2.12. The van der Waals surface area contributed by atoms with Crippen molar-refractivity contribution in [2.24, 2.45) is 0 Å². The topological polar surface area (TPSA) is 66.4 Å². The molecule has 0 aliphatic rings. The lowest BCUT2D eigenvalue weighted by Crippen LogP contribution is -2.26. The monoisotopic (exact) mass is 323 g/mol. The first-order chi connectivity index (χ1) is 10.5. The highest BCUT2D eigenvalue weighted by atomic mass is 32.2. The number of phenolic OH excluding ortho intramolecular Hbond substituents is 1. The van der Waals surface area contributed by atoms with Crippen LogP contribution in [-0.2, 0) is 22.2 Å². The fraction of sp³-hybridized carbons (Fsp3) is 0.250. The molecule has 2 aromatic carbocycles. The second-order valence-electron chi connectivity index (χ2n) is 5.01. The molecule has 4 nitrogen and oxygen atoms in total. The molecule has 0 amide bonds. The van der Waals surface area contributed by atoms with Crippen LogP contribution in [0.1, 0.15) is 17.5 Å². The summed E-state index contributed by atoms with van der Waals surface area (Å²) in [6.07, 6.45) is 1.32. The highest BCUT2D eigenvalue weighted by molar-refractivity contribution is 7.88. The van der Waals surface area contributed by atoms with Crippen molar-refractivity contribution < 1.29 is 17.9 Å². The number of aromatic hydroxyl groups is 1. The maximum atomic E-state index is 13.4. The van der Waals surface area contributed by atoms with Gasteiger partial charge in [0.2, 0.25) is 10.0 Å². The molecule has 0 fully saturated rings. The van der Waals surface area contributed by atoms with Gasteiger partial charge in [-0.05, 0) is 36.6 Å². The van der Waals surface area contributed by atoms with E-state index >= 15 is 0 Å². The van der Waals surface area contributed by atoms with Gasteiger partial charge in [-0.25, -0.2) is 17.5 Å². The number of benzene rings is 2. The largest absolute Gasteiger partial charge is 0.508 e. The number of phenols is 1. The van der Waals surface area contributed by atoms with E-state index in [-0.39, 0.29) is 23.6 Å². The number of nitrogens with one attached hydrogen (secondary N) is 1. The standard InChI is InChI=1S/C16H18FNO3S/c17-16-6-2-1-5-14(16)12-22(20,21)18-11-3-4-13-7-9-15(19)10-8-13/h1-2,5-10,18-19H,3-4,11-12H2. The van der Waals surface area contributed by atoms with Gasteiger partial charge >= 0.3 is 0 Å². The lowest BCUT2D eigenvalue weighted by atomic mass is 10.1. The predicted octanol–water partition coefficient (Wildman–Crippen LogP) is 2.58. The van der Waals surface area contributed by atoms with Crippen LogP contribution in [0.25, 0.3) is 0 Å². The molecule has 2 aromatic rings. The van der Waals surface area contributed by atoms with Crippen LogP contribution in [0.5, 0.6) is 5.75 Å². The molecule has 22 heavy (non-hydrogen) atoms. The number of sulfonamides is 1. The first kappa shape index (κ1) is 16.5. The van der Waals surface area contributed by atoms with Crippen LogP contribution in [0.4, 0.5) is 4.39 Å². The zero-order valence-electron chi connectivity index (χ0n) is 12.0. The Kier molecular flexibility index (Phi) is 5.51. The van der Waals surface area contributed by atoms with Gasteiger partial charge in [0.05, 0.1) is 5.75 Å². The van der Waals surface area contributed by atoms with Gasteiger partial charge in [0.25, 0.3) is 0 Å². The average molecular weight is 323 g/mol. The molecular weight excluding hydrogens is 305 g/mol. The summed E-state index contributed by atoms with van der Waals surface area (Å²) in [7, 11) is -3.55. The lowest BCUT2D eigenvalue weighted by molar-refractivity contribution is 0.475. The van der Waals surface area contributed by atoms with Crippen LogP contribution in [0.3, 0.4) is 0 Å². The van der Waals surface area contributed by atoms with Crippen molar-refractivity contribution in [3.05, 3.63) is 65.5 Å². The summed E-state index contributed by atoms with van der Waals surface area (Å²) in [6, 6.07) is 12.6.